The van der Waals surface area contributed by atoms with Gasteiger partial charge < -0.3 is 20.3 Å². The summed E-state index contributed by atoms with van der Waals surface area (Å²) in [5.41, 5.74) is 5.60. The van der Waals surface area contributed by atoms with Crippen LogP contribution in [-0.2, 0) is 9.53 Å². The molecule has 0 aromatic heterocycles. The molecule has 7 heteroatoms. The van der Waals surface area contributed by atoms with Crippen molar-refractivity contribution < 1.29 is 9.53 Å². The van der Waals surface area contributed by atoms with Crippen LogP contribution in [0.4, 0.5) is 0 Å². The molecule has 0 spiro atoms. The zero-order valence-corrected chi connectivity index (χ0v) is 15.5. The first kappa shape index (κ1) is 21.9. The molecular weight excluding hydrogens is 325 g/mol. The Kier molecular flexibility index (Phi) is 9.25. The van der Waals surface area contributed by atoms with Crippen molar-refractivity contribution in [1.82, 2.24) is 9.80 Å². The number of nitrogens with zero attached hydrogens (tertiary/aromatic N) is 2. The smallest absolute Gasteiger partial charge is 0.242 e. The summed E-state index contributed by atoms with van der Waals surface area (Å²) < 4.78 is 5.32. The van der Waals surface area contributed by atoms with Crippen molar-refractivity contribution in [3.05, 3.63) is 0 Å². The van der Waals surface area contributed by atoms with E-state index in [1.165, 1.54) is 0 Å². The molecule has 2 fully saturated rings. The Hall–Kier alpha value is -0.0700. The normalized spacial score (nSPS) is 22.6. The fourth-order valence-corrected chi connectivity index (χ4v) is 3.26. The summed E-state index contributed by atoms with van der Waals surface area (Å²) in [4.78, 5) is 17.0. The van der Waals surface area contributed by atoms with Crippen LogP contribution in [0, 0.1) is 0 Å². The fourth-order valence-electron chi connectivity index (χ4n) is 3.26. The van der Waals surface area contributed by atoms with Gasteiger partial charge in [-0.1, -0.05) is 0 Å². The summed E-state index contributed by atoms with van der Waals surface area (Å²) in [6.07, 6.45) is 3.38. The molecule has 2 heterocycles. The lowest BCUT2D eigenvalue weighted by molar-refractivity contribution is -0.142. The van der Waals surface area contributed by atoms with E-state index in [9.17, 15) is 4.79 Å². The number of hydrogen-bond acceptors (Lipinski definition) is 4. The highest BCUT2D eigenvalue weighted by Gasteiger charge is 2.40. The van der Waals surface area contributed by atoms with Crippen LogP contribution in [0.25, 0.3) is 0 Å². The van der Waals surface area contributed by atoms with Crippen LogP contribution in [0.15, 0.2) is 0 Å². The second-order valence-corrected chi connectivity index (χ2v) is 6.55. The Morgan fingerprint density at radius 3 is 2.18 bits per heavy atom. The van der Waals surface area contributed by atoms with Gasteiger partial charge in [0, 0.05) is 45.4 Å². The van der Waals surface area contributed by atoms with E-state index >= 15 is 0 Å². The number of nitrogens with two attached hydrogens (primary N) is 1. The molecule has 22 heavy (non-hydrogen) atoms. The second kappa shape index (κ2) is 9.28. The van der Waals surface area contributed by atoms with Crippen molar-refractivity contribution in [3.8, 4) is 0 Å². The van der Waals surface area contributed by atoms with Gasteiger partial charge >= 0.3 is 0 Å². The zero-order chi connectivity index (χ0) is 14.8. The molecule has 132 valence electrons. The highest BCUT2D eigenvalue weighted by molar-refractivity contribution is 5.86. The molecule has 2 rings (SSSR count). The molecule has 2 aliphatic rings. The SMILES string of the molecule is CC(C)N1CCC(N(C)C(=O)C2(N)CCOCC2)CC1.Cl.Cl. The number of ether oxygens (including phenoxy) is 1. The van der Waals surface area contributed by atoms with E-state index in [0.29, 0.717) is 38.1 Å². The molecule has 0 atom stereocenters. The first-order valence-corrected chi connectivity index (χ1v) is 7.82. The molecule has 2 N–H and O–H groups in total. The van der Waals surface area contributed by atoms with Gasteiger partial charge in [0.2, 0.25) is 5.91 Å². The average Bonchev–Trinajstić information content (AvgIpc) is 2.46. The predicted molar refractivity (Wildman–Crippen MR) is 94.0 cm³/mol. The number of likely N-dealkylation sites (N-methyl/N-ethyl adjacent to an activating group) is 1. The van der Waals surface area contributed by atoms with Gasteiger partial charge in [-0.3, -0.25) is 4.79 Å². The van der Waals surface area contributed by atoms with E-state index in [4.69, 9.17) is 10.5 Å². The average molecular weight is 356 g/mol. The topological polar surface area (TPSA) is 58.8 Å². The minimum atomic E-state index is -0.706. The molecule has 0 unspecified atom stereocenters. The van der Waals surface area contributed by atoms with Crippen molar-refractivity contribution in [2.45, 2.75) is 57.2 Å². The van der Waals surface area contributed by atoms with Gasteiger partial charge in [-0.2, -0.15) is 0 Å². The van der Waals surface area contributed by atoms with Crippen molar-refractivity contribution in [3.63, 3.8) is 0 Å². The van der Waals surface area contributed by atoms with E-state index in [1.807, 2.05) is 11.9 Å². The number of hydrogen-bond donors (Lipinski definition) is 1. The van der Waals surface area contributed by atoms with Gasteiger partial charge in [-0.05, 0) is 39.5 Å². The fraction of sp³-hybridized carbons (Fsp3) is 0.933. The third kappa shape index (κ3) is 4.96. The van der Waals surface area contributed by atoms with Crippen LogP contribution in [0.5, 0.6) is 0 Å². The summed E-state index contributed by atoms with van der Waals surface area (Å²) in [5, 5.41) is 0. The summed E-state index contributed by atoms with van der Waals surface area (Å²) in [7, 11) is 1.92. The van der Waals surface area contributed by atoms with Gasteiger partial charge in [0.1, 0.15) is 0 Å². The molecule has 2 aliphatic heterocycles. The summed E-state index contributed by atoms with van der Waals surface area (Å²) in [5.74, 6) is 0.101. The molecule has 1 amide bonds. The molecule has 0 saturated carbocycles. The largest absolute Gasteiger partial charge is 0.381 e. The first-order chi connectivity index (χ1) is 9.44. The summed E-state index contributed by atoms with van der Waals surface area (Å²) >= 11 is 0. The van der Waals surface area contributed by atoms with Gasteiger partial charge in [-0.15, -0.1) is 24.8 Å². The van der Waals surface area contributed by atoms with Gasteiger partial charge in [0.15, 0.2) is 0 Å². The van der Waals surface area contributed by atoms with Crippen LogP contribution in [0.3, 0.4) is 0 Å². The predicted octanol–water partition coefficient (Wildman–Crippen LogP) is 1.67. The van der Waals surface area contributed by atoms with Crippen molar-refractivity contribution in [2.75, 3.05) is 33.4 Å². The number of carbonyl (C=O) groups is 1. The summed E-state index contributed by atoms with van der Waals surface area (Å²) in [6, 6.07) is 0.925. The first-order valence-electron chi connectivity index (χ1n) is 7.82. The number of carbonyl (C=O) groups excluding carboxylic acids is 1. The molecule has 5 nitrogen and oxygen atoms in total. The highest BCUT2D eigenvalue weighted by atomic mass is 35.5. The molecule has 0 bridgehead atoms. The summed E-state index contributed by atoms with van der Waals surface area (Å²) in [6.45, 7) is 7.79. The van der Waals surface area contributed by atoms with Crippen LogP contribution >= 0.6 is 24.8 Å². The van der Waals surface area contributed by atoms with Gasteiger partial charge in [-0.25, -0.2) is 0 Å². The Morgan fingerprint density at radius 2 is 1.73 bits per heavy atom. The Labute approximate surface area is 146 Å². The third-order valence-electron chi connectivity index (χ3n) is 4.91. The van der Waals surface area contributed by atoms with E-state index in [2.05, 4.69) is 18.7 Å². The lowest BCUT2D eigenvalue weighted by atomic mass is 9.88. The van der Waals surface area contributed by atoms with Crippen molar-refractivity contribution in [2.24, 2.45) is 5.73 Å². The highest BCUT2D eigenvalue weighted by Crippen LogP contribution is 2.24. The molecule has 0 aliphatic carbocycles. The number of halogens is 2. The lowest BCUT2D eigenvalue weighted by Crippen LogP contribution is -2.60. The van der Waals surface area contributed by atoms with Crippen molar-refractivity contribution >= 4 is 30.7 Å². The quantitative estimate of drug-likeness (QED) is 0.836. The van der Waals surface area contributed by atoms with Crippen LogP contribution in [0.1, 0.15) is 39.5 Å². The molecule has 0 aromatic rings. The van der Waals surface area contributed by atoms with E-state index in [1.54, 1.807) is 0 Å². The molecule has 0 aromatic carbocycles. The number of rotatable bonds is 3. The maximum Gasteiger partial charge on any atom is 0.242 e. The van der Waals surface area contributed by atoms with Crippen LogP contribution in [-0.4, -0.2) is 66.7 Å². The zero-order valence-electron chi connectivity index (χ0n) is 13.9. The minimum Gasteiger partial charge on any atom is -0.381 e. The van der Waals surface area contributed by atoms with E-state index in [-0.39, 0.29) is 30.7 Å². The molecule has 0 radical (unpaired) electrons. The van der Waals surface area contributed by atoms with Gasteiger partial charge in [0.05, 0.1) is 5.54 Å². The van der Waals surface area contributed by atoms with Crippen molar-refractivity contribution in [1.29, 1.82) is 0 Å². The third-order valence-corrected chi connectivity index (χ3v) is 4.91. The minimum absolute atomic E-state index is 0. The Morgan fingerprint density at radius 1 is 1.23 bits per heavy atom. The molecular formula is C15H31Cl2N3O2. The number of amides is 1. The second-order valence-electron chi connectivity index (χ2n) is 6.55. The number of likely N-dealkylation sites (tertiary alicyclic amines) is 1. The Balaban J connectivity index is 0.00000220. The monoisotopic (exact) mass is 355 g/mol. The van der Waals surface area contributed by atoms with Gasteiger partial charge in [0.25, 0.3) is 0 Å². The maximum atomic E-state index is 12.7. The van der Waals surface area contributed by atoms with E-state index in [0.717, 1.165) is 25.9 Å². The number of piperidine rings is 1. The van der Waals surface area contributed by atoms with E-state index < -0.39 is 5.54 Å². The molecule has 2 saturated heterocycles. The van der Waals surface area contributed by atoms with Crippen LogP contribution in [0.2, 0.25) is 0 Å². The van der Waals surface area contributed by atoms with Crippen LogP contribution < -0.4 is 5.73 Å². The standard InChI is InChI=1S/C15H29N3O2.2ClH/c1-12(2)18-8-4-13(5-9-18)17(3)14(19)15(16)6-10-20-11-7-15;;/h12-13H,4-11,16H2,1-3H3;2*1H. The Bertz CT molecular complexity index is 342. The maximum absolute atomic E-state index is 12.7. The lowest BCUT2D eigenvalue weighted by Gasteiger charge is -2.42.